The highest BCUT2D eigenvalue weighted by Gasteiger charge is 1.98. The maximum absolute atomic E-state index is 8.99. The zero-order valence-corrected chi connectivity index (χ0v) is 6.40. The standard InChI is InChI=1S/C8H10O4/c9-1-2-12-8-4-6(10)3-7(11)5-8/h3-5,9-11H,1-2H2. The number of rotatable bonds is 3. The van der Waals surface area contributed by atoms with Crippen molar-refractivity contribution in [3.05, 3.63) is 18.2 Å². The summed E-state index contributed by atoms with van der Waals surface area (Å²) in [6.07, 6.45) is 0. The molecule has 0 atom stereocenters. The molecule has 0 radical (unpaired) electrons. The van der Waals surface area contributed by atoms with Crippen LogP contribution >= 0.6 is 0 Å². The van der Waals surface area contributed by atoms with Crippen LogP contribution in [0, 0.1) is 0 Å². The molecule has 0 spiro atoms. The van der Waals surface area contributed by atoms with Crippen molar-refractivity contribution < 1.29 is 20.1 Å². The van der Waals surface area contributed by atoms with Gasteiger partial charge >= 0.3 is 0 Å². The van der Waals surface area contributed by atoms with E-state index >= 15 is 0 Å². The fourth-order valence-corrected chi connectivity index (χ4v) is 0.815. The van der Waals surface area contributed by atoms with E-state index < -0.39 is 0 Å². The summed E-state index contributed by atoms with van der Waals surface area (Å²) in [5, 5.41) is 26.4. The Labute approximate surface area is 69.7 Å². The van der Waals surface area contributed by atoms with Crippen LogP contribution in [-0.4, -0.2) is 28.5 Å². The van der Waals surface area contributed by atoms with Gasteiger partial charge in [0.25, 0.3) is 0 Å². The Morgan fingerprint density at radius 2 is 1.67 bits per heavy atom. The molecular formula is C8H10O4. The van der Waals surface area contributed by atoms with Gasteiger partial charge in [-0.1, -0.05) is 0 Å². The van der Waals surface area contributed by atoms with E-state index in [1.54, 1.807) is 0 Å². The summed E-state index contributed by atoms with van der Waals surface area (Å²) in [6.45, 7) is 0.0410. The molecule has 12 heavy (non-hydrogen) atoms. The second-order valence-electron chi connectivity index (χ2n) is 2.26. The quantitative estimate of drug-likeness (QED) is 0.616. The minimum atomic E-state index is -0.101. The zero-order valence-electron chi connectivity index (χ0n) is 6.40. The summed E-state index contributed by atoms with van der Waals surface area (Å²) in [5.41, 5.74) is 0. The summed E-state index contributed by atoms with van der Waals surface area (Å²) < 4.78 is 4.95. The summed E-state index contributed by atoms with van der Waals surface area (Å²) in [5.74, 6) is 0.201. The number of hydrogen-bond donors (Lipinski definition) is 3. The van der Waals surface area contributed by atoms with E-state index in [-0.39, 0.29) is 24.7 Å². The Bertz CT molecular complexity index is 239. The number of ether oxygens (including phenoxy) is 1. The Kier molecular flexibility index (Phi) is 2.76. The molecule has 4 nitrogen and oxygen atoms in total. The van der Waals surface area contributed by atoms with E-state index in [9.17, 15) is 0 Å². The third-order valence-corrected chi connectivity index (χ3v) is 1.24. The molecule has 1 aromatic carbocycles. The van der Waals surface area contributed by atoms with Gasteiger partial charge in [-0.25, -0.2) is 0 Å². The molecule has 0 aliphatic rings. The number of aliphatic hydroxyl groups excluding tert-OH is 1. The van der Waals surface area contributed by atoms with Crippen LogP contribution in [0.3, 0.4) is 0 Å². The lowest BCUT2D eigenvalue weighted by atomic mass is 10.3. The van der Waals surface area contributed by atoms with Crippen molar-refractivity contribution in [1.82, 2.24) is 0 Å². The second kappa shape index (κ2) is 3.82. The predicted molar refractivity (Wildman–Crippen MR) is 42.4 cm³/mol. The first-order chi connectivity index (χ1) is 5.72. The molecular weight excluding hydrogens is 160 g/mol. The Hall–Kier alpha value is -1.42. The van der Waals surface area contributed by atoms with E-state index in [1.165, 1.54) is 18.2 Å². The molecule has 0 heterocycles. The van der Waals surface area contributed by atoms with Crippen molar-refractivity contribution in [2.24, 2.45) is 0 Å². The molecule has 0 saturated carbocycles. The number of phenolic OH excluding ortho intramolecular Hbond substituents is 2. The first-order valence-corrected chi connectivity index (χ1v) is 3.49. The lowest BCUT2D eigenvalue weighted by molar-refractivity contribution is 0.200. The molecule has 3 N–H and O–H groups in total. The molecule has 0 aliphatic heterocycles. The minimum Gasteiger partial charge on any atom is -0.508 e. The monoisotopic (exact) mass is 170 g/mol. The van der Waals surface area contributed by atoms with E-state index in [4.69, 9.17) is 20.1 Å². The van der Waals surface area contributed by atoms with E-state index in [0.717, 1.165) is 0 Å². The summed E-state index contributed by atoms with van der Waals surface area (Å²) in [7, 11) is 0. The summed E-state index contributed by atoms with van der Waals surface area (Å²) >= 11 is 0. The normalized spacial score (nSPS) is 9.75. The van der Waals surface area contributed by atoms with Crippen LogP contribution in [0.15, 0.2) is 18.2 Å². The highest BCUT2D eigenvalue weighted by molar-refractivity contribution is 5.40. The van der Waals surface area contributed by atoms with Gasteiger partial charge in [0.1, 0.15) is 23.9 Å². The van der Waals surface area contributed by atoms with Gasteiger partial charge in [0, 0.05) is 18.2 Å². The fraction of sp³-hybridized carbons (Fsp3) is 0.250. The van der Waals surface area contributed by atoms with Gasteiger partial charge in [-0.2, -0.15) is 0 Å². The van der Waals surface area contributed by atoms with Crippen LogP contribution in [0.25, 0.3) is 0 Å². The van der Waals surface area contributed by atoms with Crippen LogP contribution in [0.4, 0.5) is 0 Å². The highest BCUT2D eigenvalue weighted by Crippen LogP contribution is 2.25. The molecule has 0 amide bonds. The maximum atomic E-state index is 8.99. The van der Waals surface area contributed by atoms with E-state index in [1.807, 2.05) is 0 Å². The molecule has 4 heteroatoms. The van der Waals surface area contributed by atoms with Crippen molar-refractivity contribution in [3.63, 3.8) is 0 Å². The van der Waals surface area contributed by atoms with E-state index in [2.05, 4.69) is 0 Å². The zero-order chi connectivity index (χ0) is 8.97. The highest BCUT2D eigenvalue weighted by atomic mass is 16.5. The average molecular weight is 170 g/mol. The topological polar surface area (TPSA) is 69.9 Å². The van der Waals surface area contributed by atoms with Gasteiger partial charge in [-0.3, -0.25) is 0 Å². The number of aliphatic hydroxyl groups is 1. The molecule has 66 valence electrons. The SMILES string of the molecule is OCCOc1cc(O)cc(O)c1. The lowest BCUT2D eigenvalue weighted by Crippen LogP contribution is -2.01. The third-order valence-electron chi connectivity index (χ3n) is 1.24. The first-order valence-electron chi connectivity index (χ1n) is 3.49. The third kappa shape index (κ3) is 2.32. The predicted octanol–water partition coefficient (Wildman–Crippen LogP) is 0.469. The van der Waals surface area contributed by atoms with Crippen LogP contribution in [0.2, 0.25) is 0 Å². The number of benzene rings is 1. The Balaban J connectivity index is 2.72. The van der Waals surface area contributed by atoms with Crippen molar-refractivity contribution in [1.29, 1.82) is 0 Å². The Morgan fingerprint density at radius 1 is 1.08 bits per heavy atom. The second-order valence-corrected chi connectivity index (χ2v) is 2.26. The number of hydrogen-bond acceptors (Lipinski definition) is 4. The fourth-order valence-electron chi connectivity index (χ4n) is 0.815. The molecule has 0 aromatic heterocycles. The molecule has 1 rings (SSSR count). The van der Waals surface area contributed by atoms with Crippen LogP contribution in [0.5, 0.6) is 17.2 Å². The molecule has 0 aliphatic carbocycles. The molecule has 0 bridgehead atoms. The van der Waals surface area contributed by atoms with Crippen molar-refractivity contribution in [2.75, 3.05) is 13.2 Å². The van der Waals surface area contributed by atoms with Gasteiger partial charge in [0.2, 0.25) is 0 Å². The van der Waals surface area contributed by atoms with Gasteiger partial charge in [0.05, 0.1) is 6.61 Å². The smallest absolute Gasteiger partial charge is 0.126 e. The maximum Gasteiger partial charge on any atom is 0.126 e. The van der Waals surface area contributed by atoms with Crippen molar-refractivity contribution >= 4 is 0 Å². The summed E-state index contributed by atoms with van der Waals surface area (Å²) in [6, 6.07) is 3.91. The molecule has 1 aromatic rings. The number of phenols is 2. The van der Waals surface area contributed by atoms with Crippen molar-refractivity contribution in [2.45, 2.75) is 0 Å². The van der Waals surface area contributed by atoms with Crippen molar-refractivity contribution in [3.8, 4) is 17.2 Å². The minimum absolute atomic E-state index is 0.0667. The van der Waals surface area contributed by atoms with Crippen LogP contribution in [-0.2, 0) is 0 Å². The number of aromatic hydroxyl groups is 2. The average Bonchev–Trinajstić information content (AvgIpc) is 1.99. The van der Waals surface area contributed by atoms with Gasteiger partial charge in [-0.05, 0) is 0 Å². The Morgan fingerprint density at radius 3 is 2.17 bits per heavy atom. The van der Waals surface area contributed by atoms with E-state index in [0.29, 0.717) is 5.75 Å². The molecule has 0 unspecified atom stereocenters. The lowest BCUT2D eigenvalue weighted by Gasteiger charge is -2.04. The van der Waals surface area contributed by atoms with Crippen LogP contribution < -0.4 is 4.74 Å². The largest absolute Gasteiger partial charge is 0.508 e. The van der Waals surface area contributed by atoms with Gasteiger partial charge in [-0.15, -0.1) is 0 Å². The first kappa shape index (κ1) is 8.67. The van der Waals surface area contributed by atoms with Gasteiger partial charge < -0.3 is 20.1 Å². The molecule has 0 saturated heterocycles. The van der Waals surface area contributed by atoms with Crippen LogP contribution in [0.1, 0.15) is 0 Å². The summed E-state index contributed by atoms with van der Waals surface area (Å²) in [4.78, 5) is 0. The van der Waals surface area contributed by atoms with Gasteiger partial charge in [0.15, 0.2) is 0 Å². The molecule has 0 fully saturated rings.